The minimum Gasteiger partial charge on any atom is -0.384 e. The molecule has 144 valence electrons. The van der Waals surface area contributed by atoms with E-state index in [-0.39, 0.29) is 11.5 Å². The highest BCUT2D eigenvalue weighted by Gasteiger charge is 2.36. The van der Waals surface area contributed by atoms with Crippen molar-refractivity contribution in [3.8, 4) is 17.3 Å². The van der Waals surface area contributed by atoms with Gasteiger partial charge in [-0.1, -0.05) is 0 Å². The molecule has 1 saturated heterocycles. The summed E-state index contributed by atoms with van der Waals surface area (Å²) >= 11 is 0. The number of nitriles is 1. The molecule has 0 aliphatic carbocycles. The SMILES string of the molecule is N#Cc1cccnc1N1C[C@@H]2C[C@H](C1)c1cc(-c3cc(N)ncn3)cc(=O)n1C2. The van der Waals surface area contributed by atoms with Gasteiger partial charge in [0.15, 0.2) is 0 Å². The number of piperidine rings is 1. The second-order valence-electron chi connectivity index (χ2n) is 7.64. The van der Waals surface area contributed by atoms with E-state index in [9.17, 15) is 10.1 Å². The largest absolute Gasteiger partial charge is 0.384 e. The molecule has 1 fully saturated rings. The van der Waals surface area contributed by atoms with E-state index in [1.54, 1.807) is 30.5 Å². The zero-order chi connectivity index (χ0) is 20.0. The Labute approximate surface area is 167 Å². The van der Waals surface area contributed by atoms with Crippen molar-refractivity contribution < 1.29 is 0 Å². The van der Waals surface area contributed by atoms with E-state index in [4.69, 9.17) is 5.73 Å². The molecule has 29 heavy (non-hydrogen) atoms. The summed E-state index contributed by atoms with van der Waals surface area (Å²) in [6.07, 6.45) is 4.14. The Morgan fingerprint density at radius 2 is 2.03 bits per heavy atom. The lowest BCUT2D eigenvalue weighted by molar-refractivity contribution is 0.280. The minimum atomic E-state index is -0.0200. The molecule has 0 radical (unpaired) electrons. The molecule has 8 heteroatoms. The number of pyridine rings is 2. The van der Waals surface area contributed by atoms with Crippen molar-refractivity contribution in [1.29, 1.82) is 5.26 Å². The lowest BCUT2D eigenvalue weighted by Gasteiger charge is -2.43. The van der Waals surface area contributed by atoms with E-state index in [0.717, 1.165) is 36.6 Å². The number of hydrogen-bond acceptors (Lipinski definition) is 7. The van der Waals surface area contributed by atoms with Gasteiger partial charge >= 0.3 is 0 Å². The van der Waals surface area contributed by atoms with E-state index in [1.165, 1.54) is 6.33 Å². The predicted molar refractivity (Wildman–Crippen MR) is 108 cm³/mol. The maximum atomic E-state index is 12.8. The van der Waals surface area contributed by atoms with Gasteiger partial charge in [0.25, 0.3) is 5.56 Å². The lowest BCUT2D eigenvalue weighted by atomic mass is 9.82. The van der Waals surface area contributed by atoms with Crippen molar-refractivity contribution in [2.24, 2.45) is 5.92 Å². The van der Waals surface area contributed by atoms with E-state index >= 15 is 0 Å². The first kappa shape index (κ1) is 17.4. The van der Waals surface area contributed by atoms with Gasteiger partial charge in [-0.2, -0.15) is 5.26 Å². The zero-order valence-corrected chi connectivity index (χ0v) is 15.7. The molecule has 2 aliphatic heterocycles. The molecular weight excluding hydrogens is 366 g/mol. The molecule has 2 atom stereocenters. The fourth-order valence-electron chi connectivity index (χ4n) is 4.55. The summed E-state index contributed by atoms with van der Waals surface area (Å²) in [5, 5.41) is 9.45. The highest BCUT2D eigenvalue weighted by Crippen LogP contribution is 2.38. The first-order valence-electron chi connectivity index (χ1n) is 9.55. The molecule has 0 spiro atoms. The van der Waals surface area contributed by atoms with Gasteiger partial charge in [-0.25, -0.2) is 15.0 Å². The van der Waals surface area contributed by atoms with Crippen LogP contribution in [0.1, 0.15) is 23.6 Å². The summed E-state index contributed by atoms with van der Waals surface area (Å²) in [4.78, 5) is 27.7. The average Bonchev–Trinajstić information content (AvgIpc) is 2.74. The number of nitrogen functional groups attached to an aromatic ring is 1. The predicted octanol–water partition coefficient (Wildman–Crippen LogP) is 1.78. The molecule has 2 aliphatic rings. The summed E-state index contributed by atoms with van der Waals surface area (Å²) in [6, 6.07) is 11.1. The van der Waals surface area contributed by atoms with Crippen molar-refractivity contribution in [1.82, 2.24) is 19.5 Å². The lowest BCUT2D eigenvalue weighted by Crippen LogP contribution is -2.47. The summed E-state index contributed by atoms with van der Waals surface area (Å²) < 4.78 is 1.88. The Hall–Kier alpha value is -3.73. The minimum absolute atomic E-state index is 0.0200. The fraction of sp³-hybridized carbons (Fsp3) is 0.286. The van der Waals surface area contributed by atoms with Crippen molar-refractivity contribution >= 4 is 11.6 Å². The van der Waals surface area contributed by atoms with Crippen molar-refractivity contribution in [2.75, 3.05) is 23.7 Å². The second-order valence-corrected chi connectivity index (χ2v) is 7.64. The van der Waals surface area contributed by atoms with Gasteiger partial charge in [-0.05, 0) is 30.5 Å². The quantitative estimate of drug-likeness (QED) is 0.715. The number of aromatic nitrogens is 4. The molecule has 5 heterocycles. The van der Waals surface area contributed by atoms with Crippen molar-refractivity contribution in [3.63, 3.8) is 0 Å². The molecule has 0 unspecified atom stereocenters. The van der Waals surface area contributed by atoms with Crippen LogP contribution < -0.4 is 16.2 Å². The maximum absolute atomic E-state index is 12.8. The zero-order valence-electron chi connectivity index (χ0n) is 15.7. The number of anilines is 2. The van der Waals surface area contributed by atoms with Crippen LogP contribution in [0.15, 0.2) is 47.7 Å². The van der Waals surface area contributed by atoms with Crippen LogP contribution in [-0.4, -0.2) is 32.6 Å². The van der Waals surface area contributed by atoms with Gasteiger partial charge in [0.2, 0.25) is 0 Å². The van der Waals surface area contributed by atoms with Gasteiger partial charge < -0.3 is 15.2 Å². The second kappa shape index (κ2) is 6.71. The van der Waals surface area contributed by atoms with Crippen LogP contribution in [0.25, 0.3) is 11.3 Å². The van der Waals surface area contributed by atoms with Gasteiger partial charge in [-0.3, -0.25) is 4.79 Å². The molecule has 5 rings (SSSR count). The van der Waals surface area contributed by atoms with Crippen molar-refractivity contribution in [3.05, 3.63) is 64.5 Å². The Morgan fingerprint density at radius 3 is 2.86 bits per heavy atom. The number of nitrogens with zero attached hydrogens (tertiary/aromatic N) is 6. The number of fused-ring (bicyclic) bond motifs is 4. The summed E-state index contributed by atoms with van der Waals surface area (Å²) in [5.41, 5.74) is 8.74. The third-order valence-electron chi connectivity index (χ3n) is 5.75. The summed E-state index contributed by atoms with van der Waals surface area (Å²) in [5.74, 6) is 1.62. The summed E-state index contributed by atoms with van der Waals surface area (Å²) in [7, 11) is 0. The van der Waals surface area contributed by atoms with Gasteiger partial charge in [0.1, 0.15) is 24.0 Å². The van der Waals surface area contributed by atoms with Crippen LogP contribution in [0.4, 0.5) is 11.6 Å². The molecule has 3 aromatic rings. The molecule has 8 nitrogen and oxygen atoms in total. The fourth-order valence-corrected chi connectivity index (χ4v) is 4.55. The maximum Gasteiger partial charge on any atom is 0.251 e. The molecule has 2 N–H and O–H groups in total. The molecule has 3 aromatic heterocycles. The van der Waals surface area contributed by atoms with Gasteiger partial charge in [0, 0.05) is 55.1 Å². The first-order valence-corrected chi connectivity index (χ1v) is 9.55. The molecule has 2 bridgehead atoms. The first-order chi connectivity index (χ1) is 14.1. The topological polar surface area (TPSA) is 114 Å². The van der Waals surface area contributed by atoms with Crippen LogP contribution >= 0.6 is 0 Å². The van der Waals surface area contributed by atoms with Gasteiger partial charge in [-0.15, -0.1) is 0 Å². The van der Waals surface area contributed by atoms with E-state index in [1.807, 2.05) is 10.6 Å². The normalized spacial score (nSPS) is 20.0. The van der Waals surface area contributed by atoms with Crippen LogP contribution in [0.5, 0.6) is 0 Å². The molecular formula is C21H19N7O. The number of hydrogen-bond donors (Lipinski definition) is 1. The van der Waals surface area contributed by atoms with Crippen LogP contribution in [0.2, 0.25) is 0 Å². The Bertz CT molecular complexity index is 1200. The highest BCUT2D eigenvalue weighted by atomic mass is 16.1. The van der Waals surface area contributed by atoms with E-state index in [0.29, 0.717) is 29.5 Å². The molecule has 0 amide bonds. The number of rotatable bonds is 2. The molecule has 0 aromatic carbocycles. The summed E-state index contributed by atoms with van der Waals surface area (Å²) in [6.45, 7) is 2.18. The van der Waals surface area contributed by atoms with Crippen LogP contribution in [-0.2, 0) is 6.54 Å². The molecule has 0 saturated carbocycles. The monoisotopic (exact) mass is 385 g/mol. The number of nitrogens with two attached hydrogens (primary N) is 1. The Balaban J connectivity index is 1.55. The standard InChI is InChI=1S/C21H19N7O/c22-8-14-2-1-3-24-21(14)27-9-13-4-16(11-27)18-5-15(6-20(29)28(18)10-13)17-7-19(23)26-12-25-17/h1-3,5-7,12-13,16H,4,9-11H2,(H2,23,25,26)/t13-,16+/m0/s1. The highest BCUT2D eigenvalue weighted by molar-refractivity contribution is 5.62. The third-order valence-corrected chi connectivity index (χ3v) is 5.75. The third kappa shape index (κ3) is 3.01. The average molecular weight is 385 g/mol. The van der Waals surface area contributed by atoms with E-state index in [2.05, 4.69) is 25.9 Å². The Kier molecular flexibility index (Phi) is 4.02. The van der Waals surface area contributed by atoms with Gasteiger partial charge in [0.05, 0.1) is 11.3 Å². The van der Waals surface area contributed by atoms with E-state index < -0.39 is 0 Å². The smallest absolute Gasteiger partial charge is 0.251 e. The van der Waals surface area contributed by atoms with Crippen LogP contribution in [0.3, 0.4) is 0 Å². The van der Waals surface area contributed by atoms with Crippen molar-refractivity contribution in [2.45, 2.75) is 18.9 Å². The van der Waals surface area contributed by atoms with Crippen LogP contribution in [0, 0.1) is 17.2 Å². The Morgan fingerprint density at radius 1 is 1.14 bits per heavy atom.